The van der Waals surface area contributed by atoms with Gasteiger partial charge in [-0.3, -0.25) is 19.3 Å². The minimum atomic E-state index is -0.347. The van der Waals surface area contributed by atoms with E-state index in [-0.39, 0.29) is 37.1 Å². The van der Waals surface area contributed by atoms with Crippen molar-refractivity contribution >= 4 is 23.4 Å². The second kappa shape index (κ2) is 7.02. The van der Waals surface area contributed by atoms with E-state index in [2.05, 4.69) is 12.2 Å². The molecule has 0 atom stereocenters. The fraction of sp³-hybridized carbons (Fsp3) is 0.438. The number of rotatable bonds is 6. The topological polar surface area (TPSA) is 66.5 Å². The summed E-state index contributed by atoms with van der Waals surface area (Å²) in [6, 6.07) is 7.65. The number of aryl methyl sites for hydroxylation is 1. The summed E-state index contributed by atoms with van der Waals surface area (Å²) in [5.74, 6) is -0.893. The molecule has 5 nitrogen and oxygen atoms in total. The number of amides is 3. The van der Waals surface area contributed by atoms with E-state index in [0.717, 1.165) is 24.2 Å². The predicted octanol–water partition coefficient (Wildman–Crippen LogP) is 2.12. The number of benzene rings is 1. The van der Waals surface area contributed by atoms with Gasteiger partial charge in [0.1, 0.15) is 6.54 Å². The highest BCUT2D eigenvalue weighted by Crippen LogP contribution is 2.14. The lowest BCUT2D eigenvalue weighted by Crippen LogP contribution is -2.36. The first kappa shape index (κ1) is 15.2. The Balaban J connectivity index is 1.87. The Kier molecular flexibility index (Phi) is 5.09. The molecule has 1 fully saturated rings. The summed E-state index contributed by atoms with van der Waals surface area (Å²) in [5.41, 5.74) is 1.92. The lowest BCUT2D eigenvalue weighted by molar-refractivity contribution is -0.141. The van der Waals surface area contributed by atoms with Crippen molar-refractivity contribution in [3.63, 3.8) is 0 Å². The average Bonchev–Trinajstić information content (AvgIpc) is 2.78. The maximum Gasteiger partial charge on any atom is 0.244 e. The molecule has 0 aliphatic carbocycles. The predicted molar refractivity (Wildman–Crippen MR) is 79.6 cm³/mol. The van der Waals surface area contributed by atoms with Gasteiger partial charge in [-0.1, -0.05) is 25.5 Å². The smallest absolute Gasteiger partial charge is 0.244 e. The summed E-state index contributed by atoms with van der Waals surface area (Å²) in [6.45, 7) is 1.95. The second-order valence-corrected chi connectivity index (χ2v) is 5.22. The van der Waals surface area contributed by atoms with Crippen molar-refractivity contribution in [3.05, 3.63) is 29.8 Å². The Morgan fingerprint density at radius 1 is 1.14 bits per heavy atom. The van der Waals surface area contributed by atoms with Crippen LogP contribution in [-0.4, -0.2) is 29.2 Å². The van der Waals surface area contributed by atoms with Gasteiger partial charge in [-0.2, -0.15) is 0 Å². The van der Waals surface area contributed by atoms with Crippen LogP contribution < -0.4 is 5.32 Å². The standard InChI is InChI=1S/C16H20N2O3/c1-2-3-4-12-5-7-13(8-6-12)17-14(19)11-18-15(20)9-10-16(18)21/h5-8H,2-4,9-11H2,1H3,(H,17,19). The maximum atomic E-state index is 11.9. The van der Waals surface area contributed by atoms with E-state index in [4.69, 9.17) is 0 Å². The first-order valence-corrected chi connectivity index (χ1v) is 7.32. The minimum Gasteiger partial charge on any atom is -0.325 e. The van der Waals surface area contributed by atoms with Crippen molar-refractivity contribution in [2.75, 3.05) is 11.9 Å². The van der Waals surface area contributed by atoms with E-state index in [0.29, 0.717) is 5.69 Å². The molecule has 0 unspecified atom stereocenters. The van der Waals surface area contributed by atoms with Gasteiger partial charge in [0.05, 0.1) is 0 Å². The molecule has 1 aromatic rings. The Morgan fingerprint density at radius 2 is 1.76 bits per heavy atom. The van der Waals surface area contributed by atoms with E-state index in [1.807, 2.05) is 24.3 Å². The van der Waals surface area contributed by atoms with Crippen LogP contribution in [0.25, 0.3) is 0 Å². The number of nitrogens with one attached hydrogen (secondary N) is 1. The third kappa shape index (κ3) is 4.15. The van der Waals surface area contributed by atoms with Crippen LogP contribution in [0.5, 0.6) is 0 Å². The summed E-state index contributed by atoms with van der Waals surface area (Å²) in [5, 5.41) is 2.71. The molecule has 112 valence electrons. The Hall–Kier alpha value is -2.17. The van der Waals surface area contributed by atoms with E-state index in [1.165, 1.54) is 5.56 Å². The van der Waals surface area contributed by atoms with Crippen molar-refractivity contribution in [1.29, 1.82) is 0 Å². The first-order valence-electron chi connectivity index (χ1n) is 7.32. The highest BCUT2D eigenvalue weighted by Gasteiger charge is 2.30. The van der Waals surface area contributed by atoms with Gasteiger partial charge in [0.25, 0.3) is 0 Å². The average molecular weight is 288 g/mol. The van der Waals surface area contributed by atoms with Crippen LogP contribution in [0.1, 0.15) is 38.2 Å². The number of nitrogens with zero attached hydrogens (tertiary/aromatic N) is 1. The second-order valence-electron chi connectivity index (χ2n) is 5.22. The van der Waals surface area contributed by atoms with E-state index < -0.39 is 0 Å². The Bertz CT molecular complexity index is 521. The van der Waals surface area contributed by atoms with Crippen molar-refractivity contribution in [3.8, 4) is 0 Å². The van der Waals surface area contributed by atoms with Gasteiger partial charge in [0, 0.05) is 18.5 Å². The third-order valence-corrected chi connectivity index (χ3v) is 3.51. The molecular formula is C16H20N2O3. The van der Waals surface area contributed by atoms with Gasteiger partial charge in [0.15, 0.2) is 0 Å². The van der Waals surface area contributed by atoms with E-state index >= 15 is 0 Å². The van der Waals surface area contributed by atoms with Crippen LogP contribution in [0.2, 0.25) is 0 Å². The largest absolute Gasteiger partial charge is 0.325 e. The molecule has 0 aromatic heterocycles. The zero-order chi connectivity index (χ0) is 15.2. The van der Waals surface area contributed by atoms with Crippen LogP contribution in [0.4, 0.5) is 5.69 Å². The number of anilines is 1. The molecule has 1 heterocycles. The molecule has 3 amide bonds. The van der Waals surface area contributed by atoms with Crippen LogP contribution in [0, 0.1) is 0 Å². The lowest BCUT2D eigenvalue weighted by atomic mass is 10.1. The quantitative estimate of drug-likeness (QED) is 0.815. The molecule has 2 rings (SSSR count). The number of carbonyl (C=O) groups is 3. The monoisotopic (exact) mass is 288 g/mol. The zero-order valence-corrected chi connectivity index (χ0v) is 12.2. The number of imide groups is 1. The molecule has 5 heteroatoms. The van der Waals surface area contributed by atoms with E-state index in [1.54, 1.807) is 0 Å². The molecule has 1 saturated heterocycles. The van der Waals surface area contributed by atoms with Gasteiger partial charge in [-0.05, 0) is 30.5 Å². The molecular weight excluding hydrogens is 268 g/mol. The molecule has 1 aromatic carbocycles. The van der Waals surface area contributed by atoms with Crippen molar-refractivity contribution in [2.45, 2.75) is 39.0 Å². The van der Waals surface area contributed by atoms with Crippen LogP contribution in [-0.2, 0) is 20.8 Å². The van der Waals surface area contributed by atoms with Crippen molar-refractivity contribution in [1.82, 2.24) is 4.90 Å². The molecule has 0 spiro atoms. The summed E-state index contributed by atoms with van der Waals surface area (Å²) < 4.78 is 0. The lowest BCUT2D eigenvalue weighted by Gasteiger charge is -2.13. The number of hydrogen-bond acceptors (Lipinski definition) is 3. The zero-order valence-electron chi connectivity index (χ0n) is 12.2. The summed E-state index contributed by atoms with van der Waals surface area (Å²) in [6.07, 6.45) is 3.74. The number of hydrogen-bond donors (Lipinski definition) is 1. The van der Waals surface area contributed by atoms with Gasteiger partial charge in [-0.15, -0.1) is 0 Å². The molecule has 0 saturated carbocycles. The summed E-state index contributed by atoms with van der Waals surface area (Å²) >= 11 is 0. The Labute approximate surface area is 124 Å². The van der Waals surface area contributed by atoms with Crippen molar-refractivity contribution in [2.24, 2.45) is 0 Å². The van der Waals surface area contributed by atoms with Crippen LogP contribution in [0.3, 0.4) is 0 Å². The minimum absolute atomic E-state index is 0.199. The molecule has 1 N–H and O–H groups in total. The normalized spacial score (nSPS) is 14.6. The molecule has 0 bridgehead atoms. The SMILES string of the molecule is CCCCc1ccc(NC(=O)CN2C(=O)CCC2=O)cc1. The van der Waals surface area contributed by atoms with E-state index in [9.17, 15) is 14.4 Å². The summed E-state index contributed by atoms with van der Waals surface area (Å²) in [7, 11) is 0. The van der Waals surface area contributed by atoms with Crippen molar-refractivity contribution < 1.29 is 14.4 Å². The van der Waals surface area contributed by atoms with Crippen LogP contribution in [0.15, 0.2) is 24.3 Å². The fourth-order valence-corrected chi connectivity index (χ4v) is 2.28. The maximum absolute atomic E-state index is 11.9. The van der Waals surface area contributed by atoms with Gasteiger partial charge in [0.2, 0.25) is 17.7 Å². The first-order chi connectivity index (χ1) is 10.1. The van der Waals surface area contributed by atoms with Crippen LogP contribution >= 0.6 is 0 Å². The molecule has 21 heavy (non-hydrogen) atoms. The molecule has 0 radical (unpaired) electrons. The van der Waals surface area contributed by atoms with Gasteiger partial charge < -0.3 is 5.32 Å². The van der Waals surface area contributed by atoms with Gasteiger partial charge >= 0.3 is 0 Å². The Morgan fingerprint density at radius 3 is 2.33 bits per heavy atom. The fourth-order valence-electron chi connectivity index (χ4n) is 2.28. The molecule has 1 aliphatic rings. The molecule has 1 aliphatic heterocycles. The third-order valence-electron chi connectivity index (χ3n) is 3.51. The number of unbranched alkanes of at least 4 members (excludes halogenated alkanes) is 1. The number of likely N-dealkylation sites (tertiary alicyclic amines) is 1. The highest BCUT2D eigenvalue weighted by molar-refractivity contribution is 6.06. The highest BCUT2D eigenvalue weighted by atomic mass is 16.2. The van der Waals surface area contributed by atoms with Gasteiger partial charge in [-0.25, -0.2) is 0 Å². The summed E-state index contributed by atoms with van der Waals surface area (Å²) in [4.78, 5) is 35.8. The number of carbonyl (C=O) groups excluding carboxylic acids is 3.